The zero-order chi connectivity index (χ0) is 20.3. The quantitative estimate of drug-likeness (QED) is 0.684. The van der Waals surface area contributed by atoms with Crippen LogP contribution in [0.15, 0.2) is 22.7 Å². The summed E-state index contributed by atoms with van der Waals surface area (Å²) >= 11 is 0. The van der Waals surface area contributed by atoms with Crippen LogP contribution in [-0.2, 0) is 9.59 Å². The molecule has 4 N–H and O–H groups in total. The maximum absolute atomic E-state index is 12.2. The van der Waals surface area contributed by atoms with Crippen LogP contribution in [0.5, 0.6) is 0 Å². The minimum atomic E-state index is -0.464. The van der Waals surface area contributed by atoms with E-state index in [1.165, 1.54) is 0 Å². The fourth-order valence-electron chi connectivity index (χ4n) is 3.72. The number of nitrogens with zero attached hydrogens (tertiary/aromatic N) is 2. The third kappa shape index (κ3) is 3.83. The van der Waals surface area contributed by atoms with Crippen LogP contribution >= 0.6 is 0 Å². The lowest BCUT2D eigenvalue weighted by molar-refractivity contribution is -0.123. The molecule has 1 atom stereocenters. The van der Waals surface area contributed by atoms with Gasteiger partial charge < -0.3 is 25.6 Å². The number of fused-ring (bicyclic) bond motifs is 1. The van der Waals surface area contributed by atoms with Gasteiger partial charge in [-0.2, -0.15) is 0 Å². The molecule has 0 aliphatic carbocycles. The molecule has 148 valence electrons. The minimum absolute atomic E-state index is 0.0780. The number of hydrogen-bond donors (Lipinski definition) is 3. The van der Waals surface area contributed by atoms with E-state index in [0.717, 1.165) is 42.9 Å². The number of rotatable bonds is 3. The van der Waals surface area contributed by atoms with Crippen molar-refractivity contribution in [3.63, 3.8) is 0 Å². The Morgan fingerprint density at radius 3 is 2.61 bits per heavy atom. The number of aryl methyl sites for hydroxylation is 1. The largest absolute Gasteiger partial charge is 0.483 e. The van der Waals surface area contributed by atoms with Crippen molar-refractivity contribution in [2.45, 2.75) is 32.1 Å². The number of benzene rings is 1. The number of aromatic nitrogens is 1. The van der Waals surface area contributed by atoms with Crippen molar-refractivity contribution in [1.82, 2.24) is 5.16 Å². The van der Waals surface area contributed by atoms with Gasteiger partial charge in [0, 0.05) is 31.3 Å². The average molecular weight is 386 g/mol. The number of nitrogens with one attached hydrogen (secondary N) is 1. The van der Waals surface area contributed by atoms with Crippen molar-refractivity contribution in [3.05, 3.63) is 40.8 Å². The summed E-state index contributed by atoms with van der Waals surface area (Å²) in [5.74, 6) is -0.187. The molecule has 2 aromatic rings. The van der Waals surface area contributed by atoms with Crippen LogP contribution in [0.3, 0.4) is 0 Å². The van der Waals surface area contributed by atoms with Gasteiger partial charge in [0.05, 0.1) is 22.9 Å². The third-order valence-corrected chi connectivity index (χ3v) is 4.91. The minimum Gasteiger partial charge on any atom is -0.483 e. The topological polar surface area (TPSA) is 139 Å². The van der Waals surface area contributed by atoms with Gasteiger partial charge in [0.1, 0.15) is 5.76 Å². The Hall–Kier alpha value is -3.36. The van der Waals surface area contributed by atoms with Crippen LogP contribution in [-0.4, -0.2) is 41.6 Å². The fourth-order valence-corrected chi connectivity index (χ4v) is 3.72. The van der Waals surface area contributed by atoms with Crippen molar-refractivity contribution in [1.29, 1.82) is 0 Å². The molecule has 1 aromatic carbocycles. The molecule has 0 bridgehead atoms. The van der Waals surface area contributed by atoms with Crippen LogP contribution in [0.1, 0.15) is 52.6 Å². The molecule has 1 saturated heterocycles. The molecule has 0 spiro atoms. The highest BCUT2D eigenvalue weighted by atomic mass is 16.5. The van der Waals surface area contributed by atoms with Crippen molar-refractivity contribution in [3.8, 4) is 0 Å². The van der Waals surface area contributed by atoms with Crippen LogP contribution in [0.4, 0.5) is 11.4 Å². The number of nitrogens with two attached hydrogens (primary N) is 1. The molecular formula is C19H22N4O5. The third-order valence-electron chi connectivity index (χ3n) is 4.91. The highest BCUT2D eigenvalue weighted by molar-refractivity contribution is 6.02. The number of amides is 2. The highest BCUT2D eigenvalue weighted by Gasteiger charge is 2.32. The van der Waals surface area contributed by atoms with Crippen molar-refractivity contribution < 1.29 is 24.0 Å². The van der Waals surface area contributed by atoms with Crippen LogP contribution in [0.2, 0.25) is 0 Å². The molecule has 0 radical (unpaired) electrons. The first-order valence-corrected chi connectivity index (χ1v) is 8.98. The van der Waals surface area contributed by atoms with Gasteiger partial charge in [0.25, 0.3) is 12.4 Å². The summed E-state index contributed by atoms with van der Waals surface area (Å²) in [5.41, 5.74) is 9.22. The summed E-state index contributed by atoms with van der Waals surface area (Å²) in [6.45, 7) is 3.36. The monoisotopic (exact) mass is 386 g/mol. The van der Waals surface area contributed by atoms with E-state index in [1.807, 2.05) is 19.1 Å². The summed E-state index contributed by atoms with van der Waals surface area (Å²) in [4.78, 5) is 34.7. The first-order valence-electron chi connectivity index (χ1n) is 8.98. The number of anilines is 2. The Balaban J connectivity index is 0.000000706. The molecule has 4 rings (SSSR count). The molecule has 1 fully saturated rings. The molecule has 9 heteroatoms. The standard InChI is InChI=1S/C18H20N4O3.CH2O2/c1-10-6-16(25-21-10)12-8-17(23)20-14-9-15(22-4-2-3-5-22)13(18(19)24)7-11(12)14;2-1-3/h6-7,9,12H,2-5,8H2,1H3,(H2,19,24)(H,20,23);1H,(H,2,3). The van der Waals surface area contributed by atoms with Crippen LogP contribution in [0, 0.1) is 6.92 Å². The second kappa shape index (κ2) is 8.12. The van der Waals surface area contributed by atoms with Gasteiger partial charge in [-0.1, -0.05) is 5.16 Å². The first-order chi connectivity index (χ1) is 13.4. The second-order valence-corrected chi connectivity index (χ2v) is 6.80. The average Bonchev–Trinajstić information content (AvgIpc) is 3.32. The Bertz CT molecular complexity index is 902. The normalized spacial score (nSPS) is 18.0. The maximum atomic E-state index is 12.2. The number of carboxylic acid groups (broad SMARTS) is 1. The molecule has 3 heterocycles. The highest BCUT2D eigenvalue weighted by Crippen LogP contribution is 2.41. The lowest BCUT2D eigenvalue weighted by Crippen LogP contribution is -2.27. The molecular weight excluding hydrogens is 364 g/mol. The summed E-state index contributed by atoms with van der Waals surface area (Å²) in [6.07, 6.45) is 2.42. The predicted molar refractivity (Wildman–Crippen MR) is 101 cm³/mol. The Morgan fingerprint density at radius 1 is 1.36 bits per heavy atom. The molecule has 2 aliphatic heterocycles. The smallest absolute Gasteiger partial charge is 0.290 e. The lowest BCUT2D eigenvalue weighted by atomic mass is 9.86. The summed E-state index contributed by atoms with van der Waals surface area (Å²) in [5, 5.41) is 13.7. The zero-order valence-corrected chi connectivity index (χ0v) is 15.5. The van der Waals surface area contributed by atoms with Crippen LogP contribution in [0.25, 0.3) is 0 Å². The van der Waals surface area contributed by atoms with Gasteiger partial charge in [0.2, 0.25) is 5.91 Å². The Labute approximate surface area is 161 Å². The van der Waals surface area contributed by atoms with Crippen molar-refractivity contribution in [2.75, 3.05) is 23.3 Å². The summed E-state index contributed by atoms with van der Waals surface area (Å²) < 4.78 is 5.38. The molecule has 9 nitrogen and oxygen atoms in total. The first kappa shape index (κ1) is 19.4. The Kier molecular flexibility index (Phi) is 5.62. The number of primary amides is 1. The van der Waals surface area contributed by atoms with Crippen LogP contribution < -0.4 is 16.0 Å². The molecule has 28 heavy (non-hydrogen) atoms. The molecule has 1 unspecified atom stereocenters. The van der Waals surface area contributed by atoms with Gasteiger partial charge >= 0.3 is 0 Å². The zero-order valence-electron chi connectivity index (χ0n) is 15.5. The van der Waals surface area contributed by atoms with Gasteiger partial charge in [-0.25, -0.2) is 0 Å². The number of hydrogen-bond acceptors (Lipinski definition) is 6. The molecule has 2 aliphatic rings. The lowest BCUT2D eigenvalue weighted by Gasteiger charge is -2.28. The van der Waals surface area contributed by atoms with Gasteiger partial charge in [-0.05, 0) is 37.5 Å². The summed E-state index contributed by atoms with van der Waals surface area (Å²) in [6, 6.07) is 5.49. The van der Waals surface area contributed by atoms with Gasteiger partial charge in [-0.3, -0.25) is 14.4 Å². The maximum Gasteiger partial charge on any atom is 0.290 e. The van der Waals surface area contributed by atoms with E-state index in [0.29, 0.717) is 17.0 Å². The van der Waals surface area contributed by atoms with E-state index in [-0.39, 0.29) is 24.7 Å². The van der Waals surface area contributed by atoms with E-state index < -0.39 is 5.91 Å². The number of carbonyl (C=O) groups excluding carboxylic acids is 2. The van der Waals surface area contributed by atoms with E-state index >= 15 is 0 Å². The van der Waals surface area contributed by atoms with E-state index in [2.05, 4.69) is 15.4 Å². The van der Waals surface area contributed by atoms with Crippen molar-refractivity contribution >= 4 is 29.7 Å². The van der Waals surface area contributed by atoms with Gasteiger partial charge in [-0.15, -0.1) is 0 Å². The summed E-state index contributed by atoms with van der Waals surface area (Å²) in [7, 11) is 0. The predicted octanol–water partition coefficient (Wildman–Crippen LogP) is 1.86. The molecule has 1 aromatic heterocycles. The fraction of sp³-hybridized carbons (Fsp3) is 0.368. The molecule has 0 saturated carbocycles. The van der Waals surface area contributed by atoms with E-state index in [9.17, 15) is 9.59 Å². The van der Waals surface area contributed by atoms with Crippen molar-refractivity contribution in [2.24, 2.45) is 5.73 Å². The Morgan fingerprint density at radius 2 is 2.04 bits per heavy atom. The second-order valence-electron chi connectivity index (χ2n) is 6.80. The number of carbonyl (C=O) groups is 3. The van der Waals surface area contributed by atoms with Gasteiger partial charge in [0.15, 0.2) is 0 Å². The van der Waals surface area contributed by atoms with E-state index in [1.54, 1.807) is 6.07 Å². The SMILES string of the molecule is Cc1cc(C2CC(=O)Nc3cc(N4CCCC4)c(C(N)=O)cc32)on1.O=CO. The van der Waals surface area contributed by atoms with E-state index in [4.69, 9.17) is 20.2 Å². The molecule has 2 amide bonds.